The van der Waals surface area contributed by atoms with Crippen molar-refractivity contribution in [2.24, 2.45) is 0 Å². The molecular weight excluding hydrogens is 328 g/mol. The van der Waals surface area contributed by atoms with Crippen molar-refractivity contribution in [1.82, 2.24) is 15.2 Å². The van der Waals surface area contributed by atoms with Gasteiger partial charge in [0.15, 0.2) is 5.82 Å². The highest BCUT2D eigenvalue weighted by atomic mass is 16.5. The fourth-order valence-electron chi connectivity index (χ4n) is 2.41. The normalized spacial score (nSPS) is 10.5. The smallest absolute Gasteiger partial charge is 0.255 e. The van der Waals surface area contributed by atoms with Crippen LogP contribution >= 0.6 is 0 Å². The number of unbranched alkanes of at least 4 members (excludes halogenated alkanes) is 1. The van der Waals surface area contributed by atoms with Crippen molar-refractivity contribution >= 4 is 11.6 Å². The number of benzene rings is 2. The minimum atomic E-state index is -0.161. The van der Waals surface area contributed by atoms with E-state index in [9.17, 15) is 4.79 Å². The fourth-order valence-corrected chi connectivity index (χ4v) is 2.41. The third-order valence-corrected chi connectivity index (χ3v) is 3.88. The minimum absolute atomic E-state index is 0.161. The molecule has 0 atom stereocenters. The maximum absolute atomic E-state index is 12.4. The summed E-state index contributed by atoms with van der Waals surface area (Å²) < 4.78 is 5.61. The van der Waals surface area contributed by atoms with E-state index in [0.29, 0.717) is 23.7 Å². The molecule has 0 aliphatic rings. The third kappa shape index (κ3) is 4.47. The zero-order valence-electron chi connectivity index (χ0n) is 15.0. The molecule has 0 bridgehead atoms. The van der Waals surface area contributed by atoms with E-state index in [4.69, 9.17) is 4.74 Å². The molecule has 0 unspecified atom stereocenters. The third-order valence-electron chi connectivity index (χ3n) is 3.88. The number of H-pyrrole nitrogens is 1. The van der Waals surface area contributed by atoms with Crippen LogP contribution in [0, 0.1) is 6.92 Å². The second-order valence-electron chi connectivity index (χ2n) is 6.00. The first-order chi connectivity index (χ1) is 12.7. The molecule has 2 N–H and O–H groups in total. The first kappa shape index (κ1) is 17.7. The molecule has 1 heterocycles. The Morgan fingerprint density at radius 1 is 1.12 bits per heavy atom. The van der Waals surface area contributed by atoms with Crippen molar-refractivity contribution in [2.45, 2.75) is 26.7 Å². The van der Waals surface area contributed by atoms with Crippen molar-refractivity contribution in [3.05, 3.63) is 59.9 Å². The highest BCUT2D eigenvalue weighted by Crippen LogP contribution is 2.19. The molecule has 0 saturated carbocycles. The number of aryl methyl sites for hydroxylation is 1. The molecule has 0 fully saturated rings. The van der Waals surface area contributed by atoms with Gasteiger partial charge in [-0.3, -0.25) is 9.89 Å². The molecule has 0 aliphatic heterocycles. The maximum atomic E-state index is 12.4. The number of hydrogen-bond acceptors (Lipinski definition) is 4. The van der Waals surface area contributed by atoms with Crippen LogP contribution < -0.4 is 10.1 Å². The molecule has 3 aromatic rings. The molecule has 1 amide bonds. The standard InChI is InChI=1S/C20H22N4O2/c1-3-4-13-26-18-11-7-16(8-12-18)20(25)22-17-9-5-15(6-10-17)19-21-14(2)23-24-19/h5-12H,3-4,13H2,1-2H3,(H,22,25)(H,21,23,24). The van der Waals surface area contributed by atoms with Crippen LogP contribution in [0.4, 0.5) is 5.69 Å². The van der Waals surface area contributed by atoms with Gasteiger partial charge in [-0.25, -0.2) is 4.98 Å². The Bertz CT molecular complexity index is 854. The van der Waals surface area contributed by atoms with Gasteiger partial charge in [-0.15, -0.1) is 0 Å². The first-order valence-corrected chi connectivity index (χ1v) is 8.69. The largest absolute Gasteiger partial charge is 0.494 e. The predicted molar refractivity (Wildman–Crippen MR) is 101 cm³/mol. The van der Waals surface area contributed by atoms with E-state index in [2.05, 4.69) is 27.4 Å². The van der Waals surface area contributed by atoms with Gasteiger partial charge in [0.1, 0.15) is 11.6 Å². The van der Waals surface area contributed by atoms with Gasteiger partial charge in [-0.1, -0.05) is 13.3 Å². The summed E-state index contributed by atoms with van der Waals surface area (Å²) in [5.41, 5.74) is 2.19. The van der Waals surface area contributed by atoms with Crippen LogP contribution in [0.15, 0.2) is 48.5 Å². The average Bonchev–Trinajstić information content (AvgIpc) is 3.09. The lowest BCUT2D eigenvalue weighted by molar-refractivity contribution is 0.102. The Kier molecular flexibility index (Phi) is 5.63. The van der Waals surface area contributed by atoms with E-state index in [1.54, 1.807) is 12.1 Å². The number of anilines is 1. The van der Waals surface area contributed by atoms with Crippen molar-refractivity contribution in [3.8, 4) is 17.1 Å². The topological polar surface area (TPSA) is 79.9 Å². The highest BCUT2D eigenvalue weighted by molar-refractivity contribution is 6.04. The van der Waals surface area contributed by atoms with Crippen LogP contribution in [-0.2, 0) is 0 Å². The summed E-state index contributed by atoms with van der Waals surface area (Å²) in [6.45, 7) is 4.67. The summed E-state index contributed by atoms with van der Waals surface area (Å²) in [6, 6.07) is 14.6. The lowest BCUT2D eigenvalue weighted by atomic mass is 10.1. The summed E-state index contributed by atoms with van der Waals surface area (Å²) in [6.07, 6.45) is 2.11. The molecule has 6 nitrogen and oxygen atoms in total. The highest BCUT2D eigenvalue weighted by Gasteiger charge is 2.08. The number of carbonyl (C=O) groups is 1. The molecule has 0 saturated heterocycles. The van der Waals surface area contributed by atoms with Gasteiger partial charge in [-0.05, 0) is 61.9 Å². The summed E-state index contributed by atoms with van der Waals surface area (Å²) in [7, 11) is 0. The number of nitrogens with zero attached hydrogens (tertiary/aromatic N) is 2. The number of amides is 1. The Morgan fingerprint density at radius 3 is 2.46 bits per heavy atom. The number of carbonyl (C=O) groups excluding carboxylic acids is 1. The summed E-state index contributed by atoms with van der Waals surface area (Å²) in [5.74, 6) is 2.02. The molecule has 26 heavy (non-hydrogen) atoms. The van der Waals surface area contributed by atoms with Crippen LogP contribution in [0.25, 0.3) is 11.4 Å². The van der Waals surface area contributed by atoms with Crippen LogP contribution in [-0.4, -0.2) is 27.7 Å². The number of nitrogens with one attached hydrogen (secondary N) is 2. The van der Waals surface area contributed by atoms with Crippen LogP contribution in [0.2, 0.25) is 0 Å². The Morgan fingerprint density at radius 2 is 1.85 bits per heavy atom. The van der Waals surface area contributed by atoms with Crippen LogP contribution in [0.5, 0.6) is 5.75 Å². The van der Waals surface area contributed by atoms with Gasteiger partial charge >= 0.3 is 0 Å². The summed E-state index contributed by atoms with van der Waals surface area (Å²) in [4.78, 5) is 16.7. The zero-order valence-corrected chi connectivity index (χ0v) is 15.0. The molecule has 6 heteroatoms. The molecule has 0 aliphatic carbocycles. The maximum Gasteiger partial charge on any atom is 0.255 e. The van der Waals surface area contributed by atoms with Crippen molar-refractivity contribution in [3.63, 3.8) is 0 Å². The SMILES string of the molecule is CCCCOc1ccc(C(=O)Nc2ccc(-c3n[nH]c(C)n3)cc2)cc1. The van der Waals surface area contributed by atoms with Crippen molar-refractivity contribution in [2.75, 3.05) is 11.9 Å². The van der Waals surface area contributed by atoms with Crippen LogP contribution in [0.1, 0.15) is 35.9 Å². The molecular formula is C20H22N4O2. The molecule has 0 radical (unpaired) electrons. The van der Waals surface area contributed by atoms with E-state index in [0.717, 1.165) is 30.0 Å². The quantitative estimate of drug-likeness (QED) is 0.626. The van der Waals surface area contributed by atoms with Gasteiger partial charge < -0.3 is 10.1 Å². The van der Waals surface area contributed by atoms with E-state index >= 15 is 0 Å². The minimum Gasteiger partial charge on any atom is -0.494 e. The average molecular weight is 350 g/mol. The van der Waals surface area contributed by atoms with E-state index in [-0.39, 0.29) is 5.91 Å². The molecule has 3 rings (SSSR count). The van der Waals surface area contributed by atoms with Gasteiger partial charge in [0.25, 0.3) is 5.91 Å². The number of rotatable bonds is 7. The Labute approximate surface area is 152 Å². The second kappa shape index (κ2) is 8.29. The monoisotopic (exact) mass is 350 g/mol. The van der Waals surface area contributed by atoms with Gasteiger partial charge in [0, 0.05) is 16.8 Å². The Hall–Kier alpha value is -3.15. The van der Waals surface area contributed by atoms with E-state index in [1.165, 1.54) is 0 Å². The zero-order chi connectivity index (χ0) is 18.4. The van der Waals surface area contributed by atoms with E-state index < -0.39 is 0 Å². The van der Waals surface area contributed by atoms with Crippen molar-refractivity contribution < 1.29 is 9.53 Å². The van der Waals surface area contributed by atoms with Crippen molar-refractivity contribution in [1.29, 1.82) is 0 Å². The summed E-state index contributed by atoms with van der Waals surface area (Å²) in [5, 5.41) is 9.82. The molecule has 134 valence electrons. The lowest BCUT2D eigenvalue weighted by Gasteiger charge is -2.08. The lowest BCUT2D eigenvalue weighted by Crippen LogP contribution is -2.11. The molecule has 0 spiro atoms. The second-order valence-corrected chi connectivity index (χ2v) is 6.00. The van der Waals surface area contributed by atoms with Gasteiger partial charge in [-0.2, -0.15) is 5.10 Å². The number of aromatic nitrogens is 3. The number of hydrogen-bond donors (Lipinski definition) is 2. The number of ether oxygens (including phenoxy) is 1. The van der Waals surface area contributed by atoms with E-state index in [1.807, 2.05) is 43.3 Å². The van der Waals surface area contributed by atoms with Gasteiger partial charge in [0.05, 0.1) is 6.61 Å². The number of aromatic amines is 1. The Balaban J connectivity index is 1.60. The summed E-state index contributed by atoms with van der Waals surface area (Å²) >= 11 is 0. The molecule has 2 aromatic carbocycles. The van der Waals surface area contributed by atoms with Gasteiger partial charge in [0.2, 0.25) is 0 Å². The predicted octanol–water partition coefficient (Wildman–Crippen LogP) is 4.21. The first-order valence-electron chi connectivity index (χ1n) is 8.69. The molecule has 1 aromatic heterocycles. The fraction of sp³-hybridized carbons (Fsp3) is 0.250. The van der Waals surface area contributed by atoms with Crippen LogP contribution in [0.3, 0.4) is 0 Å².